The van der Waals surface area contributed by atoms with Crippen LogP contribution in [0, 0.1) is 11.7 Å². The fraction of sp³-hybridized carbons (Fsp3) is 0.625. The maximum absolute atomic E-state index is 14.0. The van der Waals surface area contributed by atoms with Gasteiger partial charge in [0, 0.05) is 12.8 Å². The number of hydrogen-bond donors (Lipinski definition) is 1. The van der Waals surface area contributed by atoms with E-state index in [9.17, 15) is 9.18 Å². The average molecular weight is 327 g/mol. The number of nitrogens with zero attached hydrogens (tertiary/aromatic N) is 2. The van der Waals surface area contributed by atoms with Crippen LogP contribution in [-0.4, -0.2) is 29.4 Å². The summed E-state index contributed by atoms with van der Waals surface area (Å²) in [5.41, 5.74) is -0.552. The molecular formula is C16H26FN3O3. The number of aromatic nitrogens is 2. The summed E-state index contributed by atoms with van der Waals surface area (Å²) in [7, 11) is 1.38. The third kappa shape index (κ3) is 6.02. The molecule has 2 atom stereocenters. The molecule has 1 N–H and O–H groups in total. The van der Waals surface area contributed by atoms with Crippen LogP contribution in [0.25, 0.3) is 0 Å². The van der Waals surface area contributed by atoms with Crippen molar-refractivity contribution in [2.24, 2.45) is 5.92 Å². The van der Waals surface area contributed by atoms with Crippen LogP contribution in [0.1, 0.15) is 33.6 Å². The number of anilines is 1. The van der Waals surface area contributed by atoms with Crippen LogP contribution in [0.4, 0.5) is 10.2 Å². The Morgan fingerprint density at radius 2 is 2.17 bits per heavy atom. The topological polar surface area (TPSA) is 65.4 Å². The highest BCUT2D eigenvalue weighted by atomic mass is 19.1. The smallest absolute Gasteiger partial charge is 0.349 e. The molecular weight excluding hydrogens is 301 g/mol. The standard InChI is InChI=1S/C16H26FN3O3/c1-6-11(3)10-23-13(7-2)8-20-9-14(17)15(19-16(20)21)18-12(4)22-5/h9,11,13H,4,6-8,10H2,1-3,5H3,(H,18,19,21)/t11?,13-/m0/s1. The van der Waals surface area contributed by atoms with Gasteiger partial charge in [-0.25, -0.2) is 9.18 Å². The van der Waals surface area contributed by atoms with Crippen molar-refractivity contribution in [3.63, 3.8) is 0 Å². The van der Waals surface area contributed by atoms with Gasteiger partial charge in [0.1, 0.15) is 0 Å². The molecule has 0 spiro atoms. The predicted molar refractivity (Wildman–Crippen MR) is 87.7 cm³/mol. The highest BCUT2D eigenvalue weighted by Crippen LogP contribution is 2.11. The van der Waals surface area contributed by atoms with Gasteiger partial charge >= 0.3 is 5.69 Å². The lowest BCUT2D eigenvalue weighted by Gasteiger charge is -2.19. The van der Waals surface area contributed by atoms with E-state index in [1.165, 1.54) is 11.7 Å². The van der Waals surface area contributed by atoms with Crippen LogP contribution in [0.5, 0.6) is 0 Å². The molecule has 0 aliphatic carbocycles. The molecule has 6 nitrogen and oxygen atoms in total. The lowest BCUT2D eigenvalue weighted by atomic mass is 10.1. The van der Waals surface area contributed by atoms with E-state index in [0.717, 1.165) is 19.0 Å². The number of ether oxygens (including phenoxy) is 2. The van der Waals surface area contributed by atoms with Crippen molar-refractivity contribution in [3.05, 3.63) is 35.0 Å². The minimum atomic E-state index is -0.653. The molecule has 0 saturated heterocycles. The zero-order chi connectivity index (χ0) is 17.4. The first-order valence-electron chi connectivity index (χ1n) is 7.79. The van der Waals surface area contributed by atoms with Gasteiger partial charge in [-0.3, -0.25) is 4.57 Å². The third-order valence-corrected chi connectivity index (χ3v) is 3.62. The molecule has 7 heteroatoms. The first-order valence-corrected chi connectivity index (χ1v) is 7.79. The minimum Gasteiger partial charge on any atom is -0.483 e. The summed E-state index contributed by atoms with van der Waals surface area (Å²) < 4.78 is 25.8. The van der Waals surface area contributed by atoms with Crippen LogP contribution in [0.2, 0.25) is 0 Å². The first-order chi connectivity index (χ1) is 10.9. The number of nitrogens with one attached hydrogen (secondary N) is 1. The van der Waals surface area contributed by atoms with Gasteiger partial charge < -0.3 is 14.8 Å². The molecule has 0 saturated carbocycles. The largest absolute Gasteiger partial charge is 0.483 e. The van der Waals surface area contributed by atoms with E-state index < -0.39 is 11.5 Å². The van der Waals surface area contributed by atoms with Gasteiger partial charge in [0.2, 0.25) is 0 Å². The molecule has 0 amide bonds. The van der Waals surface area contributed by atoms with E-state index in [2.05, 4.69) is 30.7 Å². The summed E-state index contributed by atoms with van der Waals surface area (Å²) in [6.07, 6.45) is 2.72. The molecule has 0 aliphatic heterocycles. The normalized spacial score (nSPS) is 13.4. The maximum atomic E-state index is 14.0. The summed E-state index contributed by atoms with van der Waals surface area (Å²) in [6, 6.07) is 0. The Labute approximate surface area is 136 Å². The molecule has 1 rings (SSSR count). The van der Waals surface area contributed by atoms with Gasteiger partial charge in [-0.2, -0.15) is 4.98 Å². The molecule has 1 unspecified atom stereocenters. The van der Waals surface area contributed by atoms with Crippen molar-refractivity contribution in [2.45, 2.75) is 46.3 Å². The number of hydrogen-bond acceptors (Lipinski definition) is 5. The Bertz CT molecular complexity index is 574. The molecule has 130 valence electrons. The summed E-state index contributed by atoms with van der Waals surface area (Å²) in [5, 5.41) is 2.50. The van der Waals surface area contributed by atoms with Gasteiger partial charge in [0.25, 0.3) is 0 Å². The molecule has 0 aromatic carbocycles. The van der Waals surface area contributed by atoms with E-state index in [-0.39, 0.29) is 24.3 Å². The summed E-state index contributed by atoms with van der Waals surface area (Å²) in [5.74, 6) is -0.301. The average Bonchev–Trinajstić information content (AvgIpc) is 2.54. The van der Waals surface area contributed by atoms with E-state index in [1.54, 1.807) is 0 Å². The second-order valence-electron chi connectivity index (χ2n) is 5.50. The number of rotatable bonds is 10. The fourth-order valence-corrected chi connectivity index (χ4v) is 1.81. The van der Waals surface area contributed by atoms with Gasteiger partial charge in [-0.1, -0.05) is 27.2 Å². The maximum Gasteiger partial charge on any atom is 0.349 e. The molecule has 0 aliphatic rings. The van der Waals surface area contributed by atoms with E-state index in [1.807, 2.05) is 6.92 Å². The van der Waals surface area contributed by atoms with Crippen LogP contribution >= 0.6 is 0 Å². The Morgan fingerprint density at radius 3 is 2.74 bits per heavy atom. The Balaban J connectivity index is 2.81. The van der Waals surface area contributed by atoms with Crippen molar-refractivity contribution >= 4 is 5.82 Å². The van der Waals surface area contributed by atoms with Gasteiger partial charge in [-0.05, 0) is 18.9 Å². The molecule has 0 radical (unpaired) electrons. The first kappa shape index (κ1) is 19.2. The van der Waals surface area contributed by atoms with Crippen molar-refractivity contribution < 1.29 is 13.9 Å². The molecule has 23 heavy (non-hydrogen) atoms. The number of halogens is 1. The highest BCUT2D eigenvalue weighted by molar-refractivity contribution is 5.38. The monoisotopic (exact) mass is 327 g/mol. The van der Waals surface area contributed by atoms with Crippen molar-refractivity contribution in [1.29, 1.82) is 0 Å². The van der Waals surface area contributed by atoms with Crippen LogP contribution in [0.15, 0.2) is 23.5 Å². The van der Waals surface area contributed by atoms with Gasteiger partial charge in [-0.15, -0.1) is 0 Å². The fourth-order valence-electron chi connectivity index (χ4n) is 1.81. The van der Waals surface area contributed by atoms with Crippen molar-refractivity contribution in [3.8, 4) is 0 Å². The number of methoxy groups -OCH3 is 1. The van der Waals surface area contributed by atoms with Gasteiger partial charge in [0.05, 0.1) is 19.8 Å². The molecule has 0 fully saturated rings. The Kier molecular flexibility index (Phi) is 7.74. The minimum absolute atomic E-state index is 0.108. The second kappa shape index (κ2) is 9.29. The van der Waals surface area contributed by atoms with E-state index in [0.29, 0.717) is 12.5 Å². The SMILES string of the molecule is C=C(Nc1nc(=O)n(C[C@H](CC)OCC(C)CC)cc1F)OC. The highest BCUT2D eigenvalue weighted by Gasteiger charge is 2.14. The van der Waals surface area contributed by atoms with Crippen LogP contribution < -0.4 is 11.0 Å². The Morgan fingerprint density at radius 1 is 1.48 bits per heavy atom. The summed E-state index contributed by atoms with van der Waals surface area (Å²) >= 11 is 0. The second-order valence-corrected chi connectivity index (χ2v) is 5.50. The summed E-state index contributed by atoms with van der Waals surface area (Å²) in [6.45, 7) is 10.5. The van der Waals surface area contributed by atoms with Crippen LogP contribution in [-0.2, 0) is 16.0 Å². The van der Waals surface area contributed by atoms with Gasteiger partial charge in [0.15, 0.2) is 17.5 Å². The predicted octanol–water partition coefficient (Wildman–Crippen LogP) is 2.75. The molecule has 0 bridgehead atoms. The quantitative estimate of drug-likeness (QED) is 0.669. The lowest BCUT2D eigenvalue weighted by Crippen LogP contribution is -2.31. The summed E-state index contributed by atoms with van der Waals surface area (Å²) in [4.78, 5) is 15.7. The third-order valence-electron chi connectivity index (χ3n) is 3.62. The van der Waals surface area contributed by atoms with Crippen molar-refractivity contribution in [2.75, 3.05) is 19.0 Å². The van der Waals surface area contributed by atoms with E-state index in [4.69, 9.17) is 9.47 Å². The zero-order valence-corrected chi connectivity index (χ0v) is 14.3. The van der Waals surface area contributed by atoms with Crippen molar-refractivity contribution in [1.82, 2.24) is 9.55 Å². The molecule has 1 aromatic rings. The zero-order valence-electron chi connectivity index (χ0n) is 14.3. The van der Waals surface area contributed by atoms with Crippen LogP contribution in [0.3, 0.4) is 0 Å². The molecule has 1 aromatic heterocycles. The lowest BCUT2D eigenvalue weighted by molar-refractivity contribution is 0.0185. The molecule has 1 heterocycles. The van der Waals surface area contributed by atoms with E-state index >= 15 is 0 Å². The Hall–Kier alpha value is -1.89.